The fourth-order valence-corrected chi connectivity index (χ4v) is 1.19. The maximum absolute atomic E-state index is 8.61. The van der Waals surface area contributed by atoms with E-state index >= 15 is 0 Å². The lowest BCUT2D eigenvalue weighted by Gasteiger charge is -1.92. The van der Waals surface area contributed by atoms with Crippen LogP contribution in [-0.2, 0) is 4.74 Å². The lowest BCUT2D eigenvalue weighted by atomic mass is 10.1. The lowest BCUT2D eigenvalue weighted by Crippen LogP contribution is -1.98. The summed E-state index contributed by atoms with van der Waals surface area (Å²) in [5.74, 6) is 0. The average Bonchev–Trinajstić information content (AvgIpc) is 2.68. The summed E-state index contributed by atoms with van der Waals surface area (Å²) in [5, 5.41) is 8.61. The van der Waals surface area contributed by atoms with Gasteiger partial charge < -0.3 is 9.84 Å². The smallest absolute Gasteiger partial charge is 0.107 e. The van der Waals surface area contributed by atoms with E-state index in [4.69, 9.17) is 9.84 Å². The van der Waals surface area contributed by atoms with Crippen LogP contribution in [0.2, 0.25) is 0 Å². The highest BCUT2D eigenvalue weighted by atomic mass is 16.6. The van der Waals surface area contributed by atoms with E-state index in [0.717, 1.165) is 6.42 Å². The van der Waals surface area contributed by atoms with Crippen LogP contribution in [-0.4, -0.2) is 23.9 Å². The Hall–Kier alpha value is -0.0800. The molecule has 2 heteroatoms. The molecule has 1 saturated heterocycles. The molecule has 2 atom stereocenters. The third-order valence-electron chi connectivity index (χ3n) is 1.96. The molecule has 0 aromatic rings. The van der Waals surface area contributed by atoms with Gasteiger partial charge in [-0.15, -0.1) is 0 Å². The van der Waals surface area contributed by atoms with Gasteiger partial charge in [0, 0.05) is 0 Å². The van der Waals surface area contributed by atoms with Crippen LogP contribution in [0, 0.1) is 0 Å². The van der Waals surface area contributed by atoms with Gasteiger partial charge >= 0.3 is 0 Å². The van der Waals surface area contributed by atoms with Crippen molar-refractivity contribution in [2.45, 2.75) is 44.8 Å². The first-order chi connectivity index (χ1) is 4.88. The quantitative estimate of drug-likeness (QED) is 0.466. The van der Waals surface area contributed by atoms with E-state index in [1.807, 2.05) is 0 Å². The van der Waals surface area contributed by atoms with Crippen molar-refractivity contribution in [3.63, 3.8) is 0 Å². The monoisotopic (exact) mass is 144 g/mol. The Morgan fingerprint density at radius 3 is 2.60 bits per heavy atom. The van der Waals surface area contributed by atoms with Crippen molar-refractivity contribution in [3.8, 4) is 0 Å². The Bertz CT molecular complexity index is 93.3. The maximum Gasteiger partial charge on any atom is 0.107 e. The molecule has 1 rings (SSSR count). The van der Waals surface area contributed by atoms with Crippen molar-refractivity contribution < 1.29 is 9.84 Å². The Labute approximate surface area is 62.2 Å². The van der Waals surface area contributed by atoms with Crippen LogP contribution in [0.15, 0.2) is 0 Å². The molecule has 0 amide bonds. The molecule has 0 saturated carbocycles. The van der Waals surface area contributed by atoms with E-state index in [1.165, 1.54) is 19.3 Å². The first-order valence-corrected chi connectivity index (χ1v) is 4.14. The second-order valence-electron chi connectivity index (χ2n) is 2.89. The highest BCUT2D eigenvalue weighted by Crippen LogP contribution is 2.26. The molecule has 0 aromatic carbocycles. The predicted molar refractivity (Wildman–Crippen MR) is 39.9 cm³/mol. The minimum Gasteiger partial charge on any atom is -0.394 e. The Morgan fingerprint density at radius 1 is 1.30 bits per heavy atom. The van der Waals surface area contributed by atoms with Crippen LogP contribution in [0.4, 0.5) is 0 Å². The molecule has 10 heavy (non-hydrogen) atoms. The molecule has 1 N–H and O–H groups in total. The van der Waals surface area contributed by atoms with Crippen molar-refractivity contribution in [2.24, 2.45) is 0 Å². The summed E-state index contributed by atoms with van der Waals surface area (Å²) >= 11 is 0. The molecule has 0 aliphatic carbocycles. The molecule has 0 spiro atoms. The zero-order chi connectivity index (χ0) is 7.40. The molecule has 2 nitrogen and oxygen atoms in total. The van der Waals surface area contributed by atoms with E-state index in [2.05, 4.69) is 6.92 Å². The second-order valence-corrected chi connectivity index (χ2v) is 2.89. The first-order valence-electron chi connectivity index (χ1n) is 4.14. The van der Waals surface area contributed by atoms with Crippen LogP contribution in [0.3, 0.4) is 0 Å². The van der Waals surface area contributed by atoms with E-state index in [0.29, 0.717) is 6.10 Å². The SMILES string of the molecule is CCCCC[C@@H]1O[C@H]1CO. The van der Waals surface area contributed by atoms with Gasteiger partial charge in [-0.1, -0.05) is 26.2 Å². The van der Waals surface area contributed by atoms with E-state index in [1.54, 1.807) is 0 Å². The minimum absolute atomic E-state index is 0.178. The van der Waals surface area contributed by atoms with Gasteiger partial charge in [0.1, 0.15) is 6.10 Å². The molecule has 1 aliphatic rings. The van der Waals surface area contributed by atoms with Gasteiger partial charge in [0.05, 0.1) is 12.7 Å². The summed E-state index contributed by atoms with van der Waals surface area (Å²) in [6.07, 6.45) is 5.50. The van der Waals surface area contributed by atoms with Gasteiger partial charge in [0.25, 0.3) is 0 Å². The number of epoxide rings is 1. The van der Waals surface area contributed by atoms with Crippen molar-refractivity contribution in [1.82, 2.24) is 0 Å². The summed E-state index contributed by atoms with van der Waals surface area (Å²) < 4.78 is 5.16. The fourth-order valence-electron chi connectivity index (χ4n) is 1.19. The summed E-state index contributed by atoms with van der Waals surface area (Å²) in [6.45, 7) is 2.40. The number of aliphatic hydroxyl groups excluding tert-OH is 1. The second kappa shape index (κ2) is 3.94. The third kappa shape index (κ3) is 2.27. The lowest BCUT2D eigenvalue weighted by molar-refractivity contribution is 0.241. The Morgan fingerprint density at radius 2 is 2.10 bits per heavy atom. The summed E-state index contributed by atoms with van der Waals surface area (Å²) in [5.41, 5.74) is 0. The largest absolute Gasteiger partial charge is 0.394 e. The predicted octanol–water partition coefficient (Wildman–Crippen LogP) is 1.33. The number of rotatable bonds is 5. The Balaban J connectivity index is 1.87. The minimum atomic E-state index is 0.178. The summed E-state index contributed by atoms with van der Waals surface area (Å²) in [7, 11) is 0. The zero-order valence-electron chi connectivity index (χ0n) is 6.55. The fraction of sp³-hybridized carbons (Fsp3) is 1.00. The van der Waals surface area contributed by atoms with E-state index in [9.17, 15) is 0 Å². The first kappa shape index (κ1) is 8.02. The molecule has 0 radical (unpaired) electrons. The molecular weight excluding hydrogens is 128 g/mol. The van der Waals surface area contributed by atoms with Crippen LogP contribution in [0.25, 0.3) is 0 Å². The van der Waals surface area contributed by atoms with Gasteiger partial charge in [-0.2, -0.15) is 0 Å². The van der Waals surface area contributed by atoms with Gasteiger partial charge in [0.2, 0.25) is 0 Å². The third-order valence-corrected chi connectivity index (χ3v) is 1.96. The van der Waals surface area contributed by atoms with Gasteiger partial charge in [-0.3, -0.25) is 0 Å². The highest BCUT2D eigenvalue weighted by Gasteiger charge is 2.36. The highest BCUT2D eigenvalue weighted by molar-refractivity contribution is 4.83. The topological polar surface area (TPSA) is 32.8 Å². The molecule has 0 bridgehead atoms. The zero-order valence-corrected chi connectivity index (χ0v) is 6.55. The van der Waals surface area contributed by atoms with Crippen molar-refractivity contribution in [3.05, 3.63) is 0 Å². The van der Waals surface area contributed by atoms with E-state index in [-0.39, 0.29) is 12.7 Å². The van der Waals surface area contributed by atoms with E-state index < -0.39 is 0 Å². The molecule has 0 aromatic heterocycles. The van der Waals surface area contributed by atoms with Gasteiger partial charge in [-0.25, -0.2) is 0 Å². The number of unbranched alkanes of at least 4 members (excludes halogenated alkanes) is 2. The van der Waals surface area contributed by atoms with Gasteiger partial charge in [0.15, 0.2) is 0 Å². The molecular formula is C8H16O2. The molecule has 1 aliphatic heterocycles. The average molecular weight is 144 g/mol. The van der Waals surface area contributed by atoms with Crippen molar-refractivity contribution >= 4 is 0 Å². The summed E-state index contributed by atoms with van der Waals surface area (Å²) in [6, 6.07) is 0. The molecule has 60 valence electrons. The number of ether oxygens (including phenoxy) is 1. The maximum atomic E-state index is 8.61. The van der Waals surface area contributed by atoms with Crippen molar-refractivity contribution in [2.75, 3.05) is 6.61 Å². The Kier molecular flexibility index (Phi) is 3.16. The molecule has 1 fully saturated rings. The normalized spacial score (nSPS) is 30.6. The van der Waals surface area contributed by atoms with Crippen LogP contribution >= 0.6 is 0 Å². The van der Waals surface area contributed by atoms with Gasteiger partial charge in [-0.05, 0) is 6.42 Å². The molecule has 1 heterocycles. The summed E-state index contributed by atoms with van der Waals surface area (Å²) in [4.78, 5) is 0. The van der Waals surface area contributed by atoms with Crippen LogP contribution in [0.1, 0.15) is 32.6 Å². The number of hydrogen-bond acceptors (Lipinski definition) is 2. The number of aliphatic hydroxyl groups is 1. The van der Waals surface area contributed by atoms with Crippen molar-refractivity contribution in [1.29, 1.82) is 0 Å². The standard InChI is InChI=1S/C8H16O2/c1-2-3-4-5-7-8(6-9)10-7/h7-9H,2-6H2,1H3/t7-,8-/m0/s1. The molecule has 0 unspecified atom stereocenters. The number of hydrogen-bond donors (Lipinski definition) is 1. The van der Waals surface area contributed by atoms with Crippen LogP contribution in [0.5, 0.6) is 0 Å². The van der Waals surface area contributed by atoms with Crippen LogP contribution < -0.4 is 0 Å².